The monoisotopic (exact) mass is 436 g/mol. The van der Waals surface area contributed by atoms with Gasteiger partial charge in [-0.2, -0.15) is 0 Å². The van der Waals surface area contributed by atoms with Crippen molar-refractivity contribution in [3.05, 3.63) is 0 Å². The van der Waals surface area contributed by atoms with Crippen LogP contribution in [0.25, 0.3) is 0 Å². The molecule has 0 rings (SSSR count). The third-order valence-corrected chi connectivity index (χ3v) is 6.51. The third-order valence-electron chi connectivity index (χ3n) is 6.51. The van der Waals surface area contributed by atoms with Gasteiger partial charge >= 0.3 is 0 Å². The van der Waals surface area contributed by atoms with E-state index in [2.05, 4.69) is 13.8 Å². The van der Waals surface area contributed by atoms with Crippen LogP contribution >= 0.6 is 0 Å². The molecule has 0 spiro atoms. The first-order chi connectivity index (χ1) is 15.2. The molecule has 0 aliphatic carbocycles. The Kier molecular flexibility index (Phi) is 25.1. The van der Waals surface area contributed by atoms with Crippen LogP contribution in [0.3, 0.4) is 0 Å². The molecule has 0 aliphatic rings. The van der Waals surface area contributed by atoms with E-state index in [0.717, 1.165) is 25.7 Å². The molecule has 0 bridgehead atoms. The number of ketones is 2. The van der Waals surface area contributed by atoms with Gasteiger partial charge in [0, 0.05) is 12.8 Å². The number of Topliss-reactive ketones (excluding diaryl/α,β-unsaturated/α-hetero) is 2. The molecule has 184 valence electrons. The number of carbonyl (C=O) groups excluding carboxylic acids is 2. The van der Waals surface area contributed by atoms with Crippen LogP contribution in [-0.4, -0.2) is 11.6 Å². The average molecular weight is 437 g/mol. The fraction of sp³-hybridized carbons (Fsp3) is 0.931. The van der Waals surface area contributed by atoms with Crippen molar-refractivity contribution in [2.24, 2.45) is 0 Å². The van der Waals surface area contributed by atoms with Crippen LogP contribution < -0.4 is 0 Å². The van der Waals surface area contributed by atoms with E-state index in [9.17, 15) is 9.59 Å². The van der Waals surface area contributed by atoms with Crippen molar-refractivity contribution >= 4 is 11.6 Å². The minimum Gasteiger partial charge on any atom is -0.299 e. The van der Waals surface area contributed by atoms with Gasteiger partial charge in [0.2, 0.25) is 0 Å². The van der Waals surface area contributed by atoms with E-state index in [-0.39, 0.29) is 18.0 Å². The van der Waals surface area contributed by atoms with Gasteiger partial charge in [-0.1, -0.05) is 142 Å². The predicted molar refractivity (Wildman–Crippen MR) is 137 cm³/mol. The first-order valence-electron chi connectivity index (χ1n) is 14.2. The van der Waals surface area contributed by atoms with Gasteiger partial charge in [-0.25, -0.2) is 0 Å². The van der Waals surface area contributed by atoms with Crippen molar-refractivity contribution in [1.29, 1.82) is 0 Å². The highest BCUT2D eigenvalue weighted by molar-refractivity contribution is 5.98. The van der Waals surface area contributed by atoms with Crippen LogP contribution in [0.4, 0.5) is 0 Å². The van der Waals surface area contributed by atoms with E-state index in [1.54, 1.807) is 0 Å². The van der Waals surface area contributed by atoms with Crippen molar-refractivity contribution < 1.29 is 9.59 Å². The van der Waals surface area contributed by atoms with E-state index in [4.69, 9.17) is 0 Å². The molecule has 0 radical (unpaired) electrons. The van der Waals surface area contributed by atoms with Crippen LogP contribution in [-0.2, 0) is 9.59 Å². The highest BCUT2D eigenvalue weighted by Gasteiger charge is 2.09. The fourth-order valence-corrected chi connectivity index (χ4v) is 4.37. The molecule has 0 unspecified atom stereocenters. The molecule has 0 aliphatic heterocycles. The van der Waals surface area contributed by atoms with Crippen molar-refractivity contribution in [2.75, 3.05) is 0 Å². The van der Waals surface area contributed by atoms with Gasteiger partial charge in [0.25, 0.3) is 0 Å². The summed E-state index contributed by atoms with van der Waals surface area (Å²) >= 11 is 0. The first kappa shape index (κ1) is 30.3. The standard InChI is InChI=1S/C29H56O2/c1-3-5-7-9-11-12-13-14-15-16-17-18-20-22-24-26-29(31)27-28(30)25-23-21-19-10-8-6-4-2/h3-27H2,1-2H3. The van der Waals surface area contributed by atoms with E-state index >= 15 is 0 Å². The van der Waals surface area contributed by atoms with Gasteiger partial charge in [-0.3, -0.25) is 9.59 Å². The summed E-state index contributed by atoms with van der Waals surface area (Å²) in [6.45, 7) is 4.51. The topological polar surface area (TPSA) is 34.1 Å². The molecule has 31 heavy (non-hydrogen) atoms. The maximum Gasteiger partial charge on any atom is 0.140 e. The molecule has 0 aromatic carbocycles. The number of carbonyl (C=O) groups is 2. The molecular formula is C29H56O2. The Balaban J connectivity index is 3.27. The summed E-state index contributed by atoms with van der Waals surface area (Å²) in [6, 6.07) is 0. The van der Waals surface area contributed by atoms with Gasteiger partial charge in [-0.15, -0.1) is 0 Å². The van der Waals surface area contributed by atoms with E-state index in [1.165, 1.54) is 116 Å². The zero-order chi connectivity index (χ0) is 22.8. The van der Waals surface area contributed by atoms with Crippen LogP contribution in [0.2, 0.25) is 0 Å². The SMILES string of the molecule is CCCCCCCCCCCCCCCCCC(=O)CC(=O)CCCCCCCCC. The summed E-state index contributed by atoms with van der Waals surface area (Å²) in [6.07, 6.45) is 30.1. The summed E-state index contributed by atoms with van der Waals surface area (Å²) in [5.41, 5.74) is 0. The molecule has 0 aromatic rings. The number of hydrogen-bond donors (Lipinski definition) is 0. The molecule has 0 atom stereocenters. The van der Waals surface area contributed by atoms with Gasteiger partial charge in [0.15, 0.2) is 0 Å². The normalized spacial score (nSPS) is 11.2. The van der Waals surface area contributed by atoms with Crippen LogP contribution in [0, 0.1) is 0 Å². The second kappa shape index (κ2) is 25.6. The van der Waals surface area contributed by atoms with Gasteiger partial charge < -0.3 is 0 Å². The smallest absolute Gasteiger partial charge is 0.140 e. The maximum atomic E-state index is 12.0. The summed E-state index contributed by atoms with van der Waals surface area (Å²) in [5.74, 6) is 0.335. The quantitative estimate of drug-likeness (QED) is 0.0998. The molecule has 0 N–H and O–H groups in total. The van der Waals surface area contributed by atoms with Gasteiger partial charge in [0.1, 0.15) is 11.6 Å². The Morgan fingerprint density at radius 2 is 0.581 bits per heavy atom. The summed E-state index contributed by atoms with van der Waals surface area (Å²) < 4.78 is 0. The second-order valence-electron chi connectivity index (χ2n) is 9.83. The lowest BCUT2D eigenvalue weighted by Crippen LogP contribution is -2.07. The van der Waals surface area contributed by atoms with Crippen molar-refractivity contribution in [3.8, 4) is 0 Å². The Morgan fingerprint density at radius 3 is 0.839 bits per heavy atom. The third kappa shape index (κ3) is 25.5. The van der Waals surface area contributed by atoms with Crippen LogP contribution in [0.15, 0.2) is 0 Å². The van der Waals surface area contributed by atoms with Gasteiger partial charge in [0.05, 0.1) is 6.42 Å². The molecule has 0 aromatic heterocycles. The maximum absolute atomic E-state index is 12.0. The lowest BCUT2D eigenvalue weighted by Gasteiger charge is -2.04. The molecule has 0 amide bonds. The molecular weight excluding hydrogens is 380 g/mol. The van der Waals surface area contributed by atoms with Crippen LogP contribution in [0.5, 0.6) is 0 Å². The lowest BCUT2D eigenvalue weighted by atomic mass is 10.0. The Morgan fingerprint density at radius 1 is 0.355 bits per heavy atom. The minimum atomic E-state index is 0.166. The van der Waals surface area contributed by atoms with Crippen LogP contribution in [0.1, 0.15) is 174 Å². The Labute approximate surface area is 195 Å². The average Bonchev–Trinajstić information content (AvgIpc) is 2.75. The zero-order valence-electron chi connectivity index (χ0n) is 21.5. The van der Waals surface area contributed by atoms with E-state index in [1.807, 2.05) is 0 Å². The molecule has 0 heterocycles. The van der Waals surface area contributed by atoms with Crippen molar-refractivity contribution in [2.45, 2.75) is 174 Å². The number of rotatable bonds is 26. The zero-order valence-corrected chi connectivity index (χ0v) is 21.5. The number of hydrogen-bond acceptors (Lipinski definition) is 2. The van der Waals surface area contributed by atoms with Crippen molar-refractivity contribution in [3.63, 3.8) is 0 Å². The Bertz CT molecular complexity index is 388. The van der Waals surface area contributed by atoms with Crippen molar-refractivity contribution in [1.82, 2.24) is 0 Å². The fourth-order valence-electron chi connectivity index (χ4n) is 4.37. The Hall–Kier alpha value is -0.660. The predicted octanol–water partition coefficient (Wildman–Crippen LogP) is 9.92. The van der Waals surface area contributed by atoms with E-state index < -0.39 is 0 Å². The first-order valence-corrected chi connectivity index (χ1v) is 14.2. The molecule has 2 nitrogen and oxygen atoms in total. The highest BCUT2D eigenvalue weighted by atomic mass is 16.1. The largest absolute Gasteiger partial charge is 0.299 e. The molecule has 0 saturated carbocycles. The minimum absolute atomic E-state index is 0.166. The summed E-state index contributed by atoms with van der Waals surface area (Å²) in [7, 11) is 0. The molecule has 2 heteroatoms. The highest BCUT2D eigenvalue weighted by Crippen LogP contribution is 2.14. The molecule has 0 fully saturated rings. The van der Waals surface area contributed by atoms with E-state index in [0.29, 0.717) is 12.8 Å². The summed E-state index contributed by atoms with van der Waals surface area (Å²) in [4.78, 5) is 23.9. The number of unbranched alkanes of at least 4 members (excludes halogenated alkanes) is 20. The molecule has 0 saturated heterocycles. The van der Waals surface area contributed by atoms with Gasteiger partial charge in [-0.05, 0) is 12.8 Å². The second-order valence-corrected chi connectivity index (χ2v) is 9.83. The lowest BCUT2D eigenvalue weighted by molar-refractivity contribution is -0.127. The summed E-state index contributed by atoms with van der Waals surface area (Å²) in [5, 5.41) is 0.